The molecule has 0 aromatic heterocycles. The summed E-state index contributed by atoms with van der Waals surface area (Å²) < 4.78 is 11.4. The van der Waals surface area contributed by atoms with Gasteiger partial charge in [-0.3, -0.25) is 9.69 Å². The van der Waals surface area contributed by atoms with Gasteiger partial charge in [0.2, 0.25) is 0 Å². The molecule has 0 aliphatic carbocycles. The summed E-state index contributed by atoms with van der Waals surface area (Å²) in [6, 6.07) is 0. The van der Waals surface area contributed by atoms with Crippen molar-refractivity contribution in [2.45, 2.75) is 51.2 Å². The van der Waals surface area contributed by atoms with Crippen LogP contribution in [-0.2, 0) is 14.3 Å². The zero-order valence-electron chi connectivity index (χ0n) is 13.0. The lowest BCUT2D eigenvalue weighted by molar-refractivity contribution is -0.181. The summed E-state index contributed by atoms with van der Waals surface area (Å²) >= 11 is 0. The van der Waals surface area contributed by atoms with Crippen LogP contribution in [0.25, 0.3) is 0 Å². The molecule has 0 bridgehead atoms. The van der Waals surface area contributed by atoms with Crippen LogP contribution in [-0.4, -0.2) is 61.4 Å². The number of ether oxygens (including phenoxy) is 2. The van der Waals surface area contributed by atoms with E-state index in [2.05, 4.69) is 24.1 Å². The molecule has 2 atom stereocenters. The van der Waals surface area contributed by atoms with Crippen molar-refractivity contribution in [3.05, 3.63) is 0 Å². The number of hydrogen-bond donors (Lipinski definition) is 1. The van der Waals surface area contributed by atoms with E-state index in [0.717, 1.165) is 45.4 Å². The topological polar surface area (TPSA) is 50.8 Å². The Bertz CT molecular complexity index is 344. The zero-order valence-corrected chi connectivity index (χ0v) is 13.0. The van der Waals surface area contributed by atoms with Gasteiger partial charge in [-0.05, 0) is 26.7 Å². The van der Waals surface area contributed by atoms with Crippen LogP contribution in [0.1, 0.15) is 40.0 Å². The Labute approximate surface area is 122 Å². The first-order valence-corrected chi connectivity index (χ1v) is 7.83. The SMILES string of the molecule is CCOC(=O)C1(N2CCNCC2)CCOC(C)(CC)C1. The fourth-order valence-electron chi connectivity index (χ4n) is 3.38. The number of carbonyl (C=O) groups is 1. The number of hydrogen-bond acceptors (Lipinski definition) is 5. The Morgan fingerprint density at radius 3 is 2.65 bits per heavy atom. The molecular weight excluding hydrogens is 256 g/mol. The molecule has 5 heteroatoms. The highest BCUT2D eigenvalue weighted by molar-refractivity contribution is 5.81. The number of carbonyl (C=O) groups excluding carboxylic acids is 1. The van der Waals surface area contributed by atoms with E-state index >= 15 is 0 Å². The van der Waals surface area contributed by atoms with Gasteiger partial charge < -0.3 is 14.8 Å². The summed E-state index contributed by atoms with van der Waals surface area (Å²) in [7, 11) is 0. The highest BCUT2D eigenvalue weighted by atomic mass is 16.5. The quantitative estimate of drug-likeness (QED) is 0.786. The molecule has 0 amide bonds. The summed E-state index contributed by atoms with van der Waals surface area (Å²) in [6.45, 7) is 10.9. The van der Waals surface area contributed by atoms with Crippen molar-refractivity contribution >= 4 is 5.97 Å². The highest BCUT2D eigenvalue weighted by Gasteiger charge is 2.52. The second-order valence-electron chi connectivity index (χ2n) is 6.07. The van der Waals surface area contributed by atoms with Gasteiger partial charge in [0.25, 0.3) is 0 Å². The van der Waals surface area contributed by atoms with Gasteiger partial charge in [0, 0.05) is 39.2 Å². The van der Waals surface area contributed by atoms with Gasteiger partial charge in [0.1, 0.15) is 5.54 Å². The lowest BCUT2D eigenvalue weighted by Gasteiger charge is -2.50. The lowest BCUT2D eigenvalue weighted by Crippen LogP contribution is -2.65. The molecule has 2 aliphatic rings. The molecule has 2 aliphatic heterocycles. The molecule has 116 valence electrons. The molecule has 1 N–H and O–H groups in total. The van der Waals surface area contributed by atoms with E-state index in [1.165, 1.54) is 0 Å². The minimum absolute atomic E-state index is 0.0649. The van der Waals surface area contributed by atoms with Crippen molar-refractivity contribution in [3.63, 3.8) is 0 Å². The van der Waals surface area contributed by atoms with E-state index in [9.17, 15) is 4.79 Å². The van der Waals surface area contributed by atoms with Gasteiger partial charge in [-0.2, -0.15) is 0 Å². The van der Waals surface area contributed by atoms with Gasteiger partial charge in [-0.25, -0.2) is 0 Å². The van der Waals surface area contributed by atoms with Crippen LogP contribution in [0.2, 0.25) is 0 Å². The van der Waals surface area contributed by atoms with Crippen molar-refractivity contribution in [3.8, 4) is 0 Å². The minimum Gasteiger partial charge on any atom is -0.465 e. The Hall–Kier alpha value is -0.650. The zero-order chi connectivity index (χ0) is 14.6. The van der Waals surface area contributed by atoms with Crippen LogP contribution >= 0.6 is 0 Å². The average Bonchev–Trinajstić information content (AvgIpc) is 2.48. The maximum absolute atomic E-state index is 12.7. The molecule has 2 unspecified atom stereocenters. The standard InChI is InChI=1S/C15H28N2O3/c1-4-14(3)12-15(6-11-20-14,13(18)19-5-2)17-9-7-16-8-10-17/h16H,4-12H2,1-3H3. The monoisotopic (exact) mass is 284 g/mol. The maximum atomic E-state index is 12.7. The first-order valence-electron chi connectivity index (χ1n) is 7.83. The number of piperazine rings is 1. The summed E-state index contributed by atoms with van der Waals surface area (Å²) in [6.07, 6.45) is 2.39. The Balaban J connectivity index is 2.25. The minimum atomic E-state index is -0.499. The van der Waals surface area contributed by atoms with Crippen LogP contribution in [0.4, 0.5) is 0 Å². The fourth-order valence-corrected chi connectivity index (χ4v) is 3.38. The van der Waals surface area contributed by atoms with E-state index in [1.807, 2.05) is 6.92 Å². The third kappa shape index (κ3) is 3.00. The first kappa shape index (κ1) is 15.7. The summed E-state index contributed by atoms with van der Waals surface area (Å²) in [4.78, 5) is 15.0. The largest absolute Gasteiger partial charge is 0.465 e. The smallest absolute Gasteiger partial charge is 0.326 e. The van der Waals surface area contributed by atoms with Crippen LogP contribution in [0.3, 0.4) is 0 Å². The van der Waals surface area contributed by atoms with Crippen molar-refractivity contribution in [2.75, 3.05) is 39.4 Å². The number of rotatable bonds is 4. The molecule has 0 saturated carbocycles. The molecule has 2 rings (SSSR count). The molecule has 2 heterocycles. The predicted octanol–water partition coefficient (Wildman–Crippen LogP) is 1.17. The van der Waals surface area contributed by atoms with E-state index < -0.39 is 5.54 Å². The normalized spacial score (nSPS) is 35.8. The second kappa shape index (κ2) is 6.41. The van der Waals surface area contributed by atoms with Gasteiger partial charge in [-0.1, -0.05) is 6.92 Å². The number of nitrogens with zero attached hydrogens (tertiary/aromatic N) is 1. The molecule has 5 nitrogen and oxygen atoms in total. The summed E-state index contributed by atoms with van der Waals surface area (Å²) in [5, 5.41) is 3.35. The number of esters is 1. The van der Waals surface area contributed by atoms with E-state index in [0.29, 0.717) is 13.2 Å². The van der Waals surface area contributed by atoms with Crippen LogP contribution in [0, 0.1) is 0 Å². The third-order valence-electron chi connectivity index (χ3n) is 4.76. The van der Waals surface area contributed by atoms with Crippen LogP contribution in [0.5, 0.6) is 0 Å². The molecule has 0 aromatic rings. The number of nitrogens with one attached hydrogen (secondary N) is 1. The van der Waals surface area contributed by atoms with Crippen LogP contribution < -0.4 is 5.32 Å². The van der Waals surface area contributed by atoms with Gasteiger partial charge in [-0.15, -0.1) is 0 Å². The molecule has 20 heavy (non-hydrogen) atoms. The Morgan fingerprint density at radius 2 is 2.05 bits per heavy atom. The average molecular weight is 284 g/mol. The molecule has 2 fully saturated rings. The predicted molar refractivity (Wildman–Crippen MR) is 77.7 cm³/mol. The van der Waals surface area contributed by atoms with Crippen molar-refractivity contribution in [1.82, 2.24) is 10.2 Å². The van der Waals surface area contributed by atoms with Crippen molar-refractivity contribution in [1.29, 1.82) is 0 Å². The molecule has 0 spiro atoms. The molecule has 0 radical (unpaired) electrons. The van der Waals surface area contributed by atoms with Gasteiger partial charge in [0.15, 0.2) is 0 Å². The fraction of sp³-hybridized carbons (Fsp3) is 0.933. The van der Waals surface area contributed by atoms with E-state index in [4.69, 9.17) is 9.47 Å². The van der Waals surface area contributed by atoms with Gasteiger partial charge in [0.05, 0.1) is 12.2 Å². The van der Waals surface area contributed by atoms with E-state index in [-0.39, 0.29) is 11.6 Å². The van der Waals surface area contributed by atoms with Crippen molar-refractivity contribution in [2.24, 2.45) is 0 Å². The maximum Gasteiger partial charge on any atom is 0.326 e. The second-order valence-corrected chi connectivity index (χ2v) is 6.07. The summed E-state index contributed by atoms with van der Waals surface area (Å²) in [5.74, 6) is -0.0649. The van der Waals surface area contributed by atoms with E-state index in [1.54, 1.807) is 0 Å². The Morgan fingerprint density at radius 1 is 1.35 bits per heavy atom. The lowest BCUT2D eigenvalue weighted by atomic mass is 9.77. The summed E-state index contributed by atoms with van der Waals surface area (Å²) in [5.41, 5.74) is -0.725. The van der Waals surface area contributed by atoms with Crippen LogP contribution in [0.15, 0.2) is 0 Å². The Kier molecular flexibility index (Phi) is 5.04. The first-order chi connectivity index (χ1) is 9.56. The molecule has 0 aromatic carbocycles. The van der Waals surface area contributed by atoms with Crippen molar-refractivity contribution < 1.29 is 14.3 Å². The molecular formula is C15H28N2O3. The third-order valence-corrected chi connectivity index (χ3v) is 4.76. The molecule has 2 saturated heterocycles. The highest BCUT2D eigenvalue weighted by Crippen LogP contribution is 2.39. The van der Waals surface area contributed by atoms with Gasteiger partial charge >= 0.3 is 5.97 Å².